The molecular weight excluding hydrogens is 454 g/mol. The third-order valence-electron chi connectivity index (χ3n) is 5.28. The summed E-state index contributed by atoms with van der Waals surface area (Å²) in [7, 11) is 3.18. The van der Waals surface area contributed by atoms with Gasteiger partial charge < -0.3 is 24.3 Å². The first-order valence-electron chi connectivity index (χ1n) is 11.5. The normalized spacial score (nSPS) is 12.8. The smallest absolute Gasteiger partial charge is 0.260 e. The van der Waals surface area contributed by atoms with E-state index in [9.17, 15) is 9.90 Å². The van der Waals surface area contributed by atoms with E-state index in [-0.39, 0.29) is 18.3 Å². The number of rotatable bonds is 12. The molecule has 0 aliphatic heterocycles. The zero-order chi connectivity index (χ0) is 24.8. The number of aromatic amines is 1. The molecule has 0 bridgehead atoms. The van der Waals surface area contributed by atoms with Crippen molar-refractivity contribution in [3.8, 4) is 22.6 Å². The van der Waals surface area contributed by atoms with E-state index in [1.165, 1.54) is 11.3 Å². The van der Waals surface area contributed by atoms with E-state index in [4.69, 9.17) is 19.2 Å². The SMILES string of the molecule is COc1ccc(-c2csc3nc(CN(CC(C)C)C[C@H](O)COC(C)C)[nH]c(=O)c23)cc1OC. The van der Waals surface area contributed by atoms with Crippen molar-refractivity contribution in [1.82, 2.24) is 14.9 Å². The molecule has 186 valence electrons. The number of nitrogens with zero attached hydrogens (tertiary/aromatic N) is 2. The van der Waals surface area contributed by atoms with E-state index in [0.29, 0.717) is 46.5 Å². The maximum atomic E-state index is 13.1. The lowest BCUT2D eigenvalue weighted by Crippen LogP contribution is -2.38. The van der Waals surface area contributed by atoms with E-state index in [1.807, 2.05) is 37.4 Å². The Labute approximate surface area is 204 Å². The van der Waals surface area contributed by atoms with Crippen LogP contribution in [0, 0.1) is 5.92 Å². The van der Waals surface area contributed by atoms with Gasteiger partial charge in [-0.05, 0) is 37.5 Å². The number of aliphatic hydroxyl groups excluding tert-OH is 1. The maximum absolute atomic E-state index is 13.1. The van der Waals surface area contributed by atoms with Crippen LogP contribution in [0.3, 0.4) is 0 Å². The number of ether oxygens (including phenoxy) is 3. The highest BCUT2D eigenvalue weighted by Gasteiger charge is 2.18. The van der Waals surface area contributed by atoms with Gasteiger partial charge in [0.1, 0.15) is 10.7 Å². The zero-order valence-electron chi connectivity index (χ0n) is 20.8. The number of hydrogen-bond donors (Lipinski definition) is 2. The highest BCUT2D eigenvalue weighted by molar-refractivity contribution is 7.17. The molecule has 2 N–H and O–H groups in total. The summed E-state index contributed by atoms with van der Waals surface area (Å²) in [6, 6.07) is 5.59. The molecule has 8 nitrogen and oxygen atoms in total. The summed E-state index contributed by atoms with van der Waals surface area (Å²) in [6.07, 6.45) is -0.553. The molecule has 0 fully saturated rings. The van der Waals surface area contributed by atoms with Crippen LogP contribution >= 0.6 is 11.3 Å². The van der Waals surface area contributed by atoms with Crippen LogP contribution in [0.25, 0.3) is 21.3 Å². The number of aliphatic hydroxyl groups is 1. The monoisotopic (exact) mass is 489 g/mol. The number of H-pyrrole nitrogens is 1. The number of benzene rings is 1. The van der Waals surface area contributed by atoms with Crippen LogP contribution in [0.1, 0.15) is 33.5 Å². The van der Waals surface area contributed by atoms with Crippen molar-refractivity contribution in [1.29, 1.82) is 0 Å². The molecule has 1 aromatic carbocycles. The van der Waals surface area contributed by atoms with Gasteiger partial charge in [-0.15, -0.1) is 11.3 Å². The quantitative estimate of drug-likeness (QED) is 0.398. The summed E-state index contributed by atoms with van der Waals surface area (Å²) < 4.78 is 16.3. The highest BCUT2D eigenvalue weighted by atomic mass is 32.1. The molecule has 0 saturated carbocycles. The summed E-state index contributed by atoms with van der Waals surface area (Å²) in [4.78, 5) is 23.6. The first-order chi connectivity index (χ1) is 16.2. The first kappa shape index (κ1) is 26.2. The van der Waals surface area contributed by atoms with Gasteiger partial charge in [-0.2, -0.15) is 0 Å². The molecule has 0 amide bonds. The molecule has 1 atom stereocenters. The van der Waals surface area contributed by atoms with Crippen molar-refractivity contribution in [2.75, 3.05) is 33.9 Å². The number of thiophene rings is 1. The maximum Gasteiger partial charge on any atom is 0.260 e. The van der Waals surface area contributed by atoms with Crippen molar-refractivity contribution in [3.63, 3.8) is 0 Å². The average molecular weight is 490 g/mol. The molecule has 2 aromatic heterocycles. The highest BCUT2D eigenvalue weighted by Crippen LogP contribution is 2.36. The van der Waals surface area contributed by atoms with Gasteiger partial charge in [0.2, 0.25) is 0 Å². The molecule has 0 aliphatic rings. The predicted molar refractivity (Wildman–Crippen MR) is 136 cm³/mol. The zero-order valence-corrected chi connectivity index (χ0v) is 21.6. The standard InChI is InChI=1S/C25H35N3O5S/c1-15(2)10-28(11-18(29)13-33-16(3)4)12-22-26-24(30)23-19(14-34-25(23)27-22)17-7-8-20(31-5)21(9-17)32-6/h7-9,14-16,18,29H,10-13H2,1-6H3,(H,26,27,30)/t18-/m0/s1. The number of nitrogens with one attached hydrogen (secondary N) is 1. The molecule has 0 spiro atoms. The van der Waals surface area contributed by atoms with Gasteiger partial charge in [0.05, 0.1) is 45.0 Å². The van der Waals surface area contributed by atoms with E-state index >= 15 is 0 Å². The minimum Gasteiger partial charge on any atom is -0.493 e. The molecule has 0 aliphatic carbocycles. The minimum absolute atomic E-state index is 0.0623. The minimum atomic E-state index is -0.616. The third kappa shape index (κ3) is 6.56. The van der Waals surface area contributed by atoms with Crippen molar-refractivity contribution >= 4 is 21.6 Å². The Kier molecular flexibility index (Phi) is 9.07. The van der Waals surface area contributed by atoms with Crippen molar-refractivity contribution in [2.45, 2.75) is 46.4 Å². The first-order valence-corrected chi connectivity index (χ1v) is 12.3. The molecule has 3 aromatic rings. The number of fused-ring (bicyclic) bond motifs is 1. The summed E-state index contributed by atoms with van der Waals surface area (Å²) in [5.41, 5.74) is 1.49. The second-order valence-corrected chi connectivity index (χ2v) is 9.89. The lowest BCUT2D eigenvalue weighted by molar-refractivity contribution is -0.0111. The van der Waals surface area contributed by atoms with Crippen molar-refractivity contribution in [2.24, 2.45) is 5.92 Å². The van der Waals surface area contributed by atoms with Crippen LogP contribution in [0.2, 0.25) is 0 Å². The number of methoxy groups -OCH3 is 2. The molecule has 3 rings (SSSR count). The Bertz CT molecular complexity index is 1140. The van der Waals surface area contributed by atoms with Crippen molar-refractivity contribution in [3.05, 3.63) is 39.8 Å². The van der Waals surface area contributed by atoms with E-state index in [2.05, 4.69) is 23.7 Å². The summed E-state index contributed by atoms with van der Waals surface area (Å²) in [5.74, 6) is 2.21. The van der Waals surface area contributed by atoms with Gasteiger partial charge in [0, 0.05) is 24.0 Å². The second-order valence-electron chi connectivity index (χ2n) is 9.04. The van der Waals surface area contributed by atoms with Gasteiger partial charge in [0.25, 0.3) is 5.56 Å². The Morgan fingerprint density at radius 3 is 2.50 bits per heavy atom. The molecule has 9 heteroatoms. The second kappa shape index (κ2) is 11.8. The van der Waals surface area contributed by atoms with Crippen LogP contribution in [0.4, 0.5) is 0 Å². The van der Waals surface area contributed by atoms with Gasteiger partial charge in [-0.25, -0.2) is 4.98 Å². The molecule has 34 heavy (non-hydrogen) atoms. The largest absolute Gasteiger partial charge is 0.493 e. The fraction of sp³-hybridized carbons (Fsp3) is 0.520. The van der Waals surface area contributed by atoms with Crippen LogP contribution in [-0.4, -0.2) is 66.1 Å². The molecular formula is C25H35N3O5S. The van der Waals surface area contributed by atoms with Crippen LogP contribution in [0.15, 0.2) is 28.4 Å². The van der Waals surface area contributed by atoms with Gasteiger partial charge >= 0.3 is 0 Å². The summed E-state index contributed by atoms with van der Waals surface area (Å²) in [5, 5.41) is 12.9. The fourth-order valence-electron chi connectivity index (χ4n) is 3.87. The number of hydrogen-bond acceptors (Lipinski definition) is 8. The Balaban J connectivity index is 1.86. The molecule has 0 unspecified atom stereocenters. The van der Waals surface area contributed by atoms with Crippen LogP contribution < -0.4 is 15.0 Å². The van der Waals surface area contributed by atoms with Gasteiger partial charge in [-0.1, -0.05) is 19.9 Å². The van der Waals surface area contributed by atoms with Gasteiger partial charge in [0.15, 0.2) is 11.5 Å². The van der Waals surface area contributed by atoms with E-state index in [1.54, 1.807) is 14.2 Å². The molecule has 0 radical (unpaired) electrons. The van der Waals surface area contributed by atoms with E-state index in [0.717, 1.165) is 17.7 Å². The Hall–Kier alpha value is -2.46. The lowest BCUT2D eigenvalue weighted by Gasteiger charge is -2.26. The predicted octanol–water partition coefficient (Wildman–Crippen LogP) is 3.91. The fourth-order valence-corrected chi connectivity index (χ4v) is 4.84. The summed E-state index contributed by atoms with van der Waals surface area (Å²) in [6.45, 7) is 10.0. The average Bonchev–Trinajstić information content (AvgIpc) is 3.21. The molecule has 0 saturated heterocycles. The molecule has 2 heterocycles. The number of aromatic nitrogens is 2. The van der Waals surface area contributed by atoms with Crippen LogP contribution in [0.5, 0.6) is 11.5 Å². The third-order valence-corrected chi connectivity index (χ3v) is 6.15. The van der Waals surface area contributed by atoms with Crippen molar-refractivity contribution < 1.29 is 19.3 Å². The Morgan fingerprint density at radius 1 is 1.12 bits per heavy atom. The summed E-state index contributed by atoms with van der Waals surface area (Å²) >= 11 is 1.44. The van der Waals surface area contributed by atoms with E-state index < -0.39 is 6.10 Å². The Morgan fingerprint density at radius 2 is 1.85 bits per heavy atom. The lowest BCUT2D eigenvalue weighted by atomic mass is 10.1. The van der Waals surface area contributed by atoms with Crippen LogP contribution in [-0.2, 0) is 11.3 Å². The van der Waals surface area contributed by atoms with Gasteiger partial charge in [-0.3, -0.25) is 9.69 Å². The topological polar surface area (TPSA) is 96.9 Å².